The minimum Gasteiger partial charge on any atom is -0.462 e. The Morgan fingerprint density at radius 1 is 1.17 bits per heavy atom. The number of para-hydroxylation sites is 1. The molecule has 6 nitrogen and oxygen atoms in total. The molecule has 0 saturated carbocycles. The van der Waals surface area contributed by atoms with Gasteiger partial charge in [-0.3, -0.25) is 9.79 Å². The van der Waals surface area contributed by atoms with Crippen LogP contribution < -0.4 is 10.2 Å². The molecule has 3 rings (SSSR count). The van der Waals surface area contributed by atoms with Gasteiger partial charge in [-0.05, 0) is 56.7 Å². The summed E-state index contributed by atoms with van der Waals surface area (Å²) in [6.45, 7) is 5.36. The van der Waals surface area contributed by atoms with Crippen molar-refractivity contribution in [2.24, 2.45) is 4.99 Å². The van der Waals surface area contributed by atoms with Crippen LogP contribution in [0.5, 0.6) is 0 Å². The van der Waals surface area contributed by atoms with Gasteiger partial charge in [-0.15, -0.1) is 0 Å². The highest BCUT2D eigenvalue weighted by Gasteiger charge is 2.34. The molecular weight excluding hydrogens is 386 g/mol. The summed E-state index contributed by atoms with van der Waals surface area (Å²) >= 11 is 1.47. The smallest absolute Gasteiger partial charge is 0.338 e. The Bertz CT molecular complexity index is 869. The van der Waals surface area contributed by atoms with Crippen LogP contribution in [-0.4, -0.2) is 42.0 Å². The van der Waals surface area contributed by atoms with E-state index < -0.39 is 0 Å². The summed E-state index contributed by atoms with van der Waals surface area (Å²) in [5.41, 5.74) is 2.22. The first kappa shape index (κ1) is 20.9. The Morgan fingerprint density at radius 3 is 2.55 bits per heavy atom. The largest absolute Gasteiger partial charge is 0.462 e. The minimum atomic E-state index is -0.354. The molecule has 0 aromatic heterocycles. The van der Waals surface area contributed by atoms with E-state index in [1.807, 2.05) is 37.3 Å². The fraction of sp³-hybridized carbons (Fsp3) is 0.318. The standard InChI is InChI=1S/C22H25N3O3S/c1-3-23-22(24-17-8-6-5-7-9-17)29-19-14-15-25(20(19)26)18-12-10-16(11-13-18)21(27)28-4-2/h5-13,19H,3-4,14-15H2,1-2H3,(H,23,24). The van der Waals surface area contributed by atoms with Gasteiger partial charge in [-0.1, -0.05) is 30.0 Å². The van der Waals surface area contributed by atoms with Crippen molar-refractivity contribution in [3.05, 3.63) is 60.2 Å². The molecule has 1 amide bonds. The van der Waals surface area contributed by atoms with Gasteiger partial charge in [-0.25, -0.2) is 4.79 Å². The number of hydrogen-bond donors (Lipinski definition) is 1. The lowest BCUT2D eigenvalue weighted by atomic mass is 10.2. The fourth-order valence-electron chi connectivity index (χ4n) is 3.04. The van der Waals surface area contributed by atoms with E-state index in [1.54, 1.807) is 36.1 Å². The second-order valence-corrected chi connectivity index (χ2v) is 7.61. The molecule has 29 heavy (non-hydrogen) atoms. The summed E-state index contributed by atoms with van der Waals surface area (Å²) in [4.78, 5) is 31.0. The number of amides is 1. The summed E-state index contributed by atoms with van der Waals surface area (Å²) in [5, 5.41) is 3.86. The van der Waals surface area contributed by atoms with Crippen LogP contribution in [0, 0.1) is 0 Å². The van der Waals surface area contributed by atoms with Crippen molar-refractivity contribution >= 4 is 40.2 Å². The summed E-state index contributed by atoms with van der Waals surface area (Å²) < 4.78 is 5.00. The Labute approximate surface area is 175 Å². The zero-order valence-corrected chi connectivity index (χ0v) is 17.4. The number of nitrogens with zero attached hydrogens (tertiary/aromatic N) is 2. The highest BCUT2D eigenvalue weighted by Crippen LogP contribution is 2.30. The molecule has 1 saturated heterocycles. The number of carbonyl (C=O) groups excluding carboxylic acids is 2. The van der Waals surface area contributed by atoms with Crippen LogP contribution in [0.2, 0.25) is 0 Å². The van der Waals surface area contributed by atoms with Gasteiger partial charge < -0.3 is 15.0 Å². The zero-order valence-electron chi connectivity index (χ0n) is 16.6. The van der Waals surface area contributed by atoms with E-state index in [1.165, 1.54) is 11.8 Å². The van der Waals surface area contributed by atoms with Crippen molar-refractivity contribution in [3.8, 4) is 0 Å². The van der Waals surface area contributed by atoms with Gasteiger partial charge in [0.2, 0.25) is 5.91 Å². The highest BCUT2D eigenvalue weighted by molar-refractivity contribution is 8.15. The lowest BCUT2D eigenvalue weighted by molar-refractivity contribution is -0.116. The molecule has 2 aromatic carbocycles. The highest BCUT2D eigenvalue weighted by atomic mass is 32.2. The van der Waals surface area contributed by atoms with Crippen molar-refractivity contribution in [1.82, 2.24) is 0 Å². The molecule has 7 heteroatoms. The van der Waals surface area contributed by atoms with Gasteiger partial charge in [0, 0.05) is 24.5 Å². The van der Waals surface area contributed by atoms with Crippen molar-refractivity contribution < 1.29 is 14.3 Å². The predicted octanol–water partition coefficient (Wildman–Crippen LogP) is 4.19. The molecular formula is C22H25N3O3S. The van der Waals surface area contributed by atoms with Crippen LogP contribution >= 0.6 is 11.8 Å². The number of amidine groups is 1. The predicted molar refractivity (Wildman–Crippen MR) is 119 cm³/mol. The molecule has 1 fully saturated rings. The molecule has 0 bridgehead atoms. The topological polar surface area (TPSA) is 71.0 Å². The lowest BCUT2D eigenvalue weighted by Gasteiger charge is -2.17. The van der Waals surface area contributed by atoms with Crippen LogP contribution in [0.1, 0.15) is 30.6 Å². The number of esters is 1. The van der Waals surface area contributed by atoms with E-state index in [-0.39, 0.29) is 17.1 Å². The third-order valence-corrected chi connectivity index (χ3v) is 5.60. The molecule has 0 spiro atoms. The summed E-state index contributed by atoms with van der Waals surface area (Å²) in [6.07, 6.45) is 0.738. The van der Waals surface area contributed by atoms with Crippen molar-refractivity contribution in [1.29, 1.82) is 0 Å². The van der Waals surface area contributed by atoms with Crippen LogP contribution in [0.25, 0.3) is 0 Å². The van der Waals surface area contributed by atoms with Gasteiger partial charge in [0.15, 0.2) is 5.17 Å². The molecule has 2 aromatic rings. The number of carbonyl (C=O) groups is 2. The molecule has 1 aliphatic rings. The maximum absolute atomic E-state index is 13.0. The van der Waals surface area contributed by atoms with E-state index in [0.29, 0.717) is 25.3 Å². The Hall–Kier alpha value is -2.80. The van der Waals surface area contributed by atoms with Gasteiger partial charge in [0.25, 0.3) is 0 Å². The Morgan fingerprint density at radius 2 is 1.90 bits per heavy atom. The third kappa shape index (κ3) is 5.38. The maximum Gasteiger partial charge on any atom is 0.338 e. The first-order chi connectivity index (χ1) is 14.1. The van der Waals surface area contributed by atoms with Crippen LogP contribution in [-0.2, 0) is 9.53 Å². The average molecular weight is 412 g/mol. The molecule has 1 N–H and O–H groups in total. The summed E-state index contributed by atoms with van der Waals surface area (Å²) in [7, 11) is 0. The molecule has 1 heterocycles. The van der Waals surface area contributed by atoms with E-state index in [9.17, 15) is 9.59 Å². The van der Waals surface area contributed by atoms with E-state index in [4.69, 9.17) is 4.74 Å². The van der Waals surface area contributed by atoms with Crippen molar-refractivity contribution in [2.45, 2.75) is 25.5 Å². The second-order valence-electron chi connectivity index (χ2n) is 6.42. The second kappa shape index (κ2) is 10.1. The fourth-order valence-corrected chi connectivity index (χ4v) is 4.14. The van der Waals surface area contributed by atoms with Gasteiger partial charge in [0.1, 0.15) is 0 Å². The molecule has 152 valence electrons. The molecule has 0 radical (unpaired) electrons. The monoisotopic (exact) mass is 411 g/mol. The number of rotatable bonds is 6. The Kier molecular flexibility index (Phi) is 7.30. The van der Waals surface area contributed by atoms with Gasteiger partial charge in [-0.2, -0.15) is 0 Å². The first-order valence-corrected chi connectivity index (χ1v) is 10.6. The first-order valence-electron chi connectivity index (χ1n) is 9.74. The number of benzene rings is 2. The lowest BCUT2D eigenvalue weighted by Crippen LogP contribution is -2.29. The van der Waals surface area contributed by atoms with Crippen molar-refractivity contribution in [2.75, 3.05) is 29.9 Å². The van der Waals surface area contributed by atoms with E-state index >= 15 is 0 Å². The normalized spacial score (nSPS) is 16.8. The number of ether oxygens (including phenoxy) is 1. The molecule has 1 unspecified atom stereocenters. The van der Waals surface area contributed by atoms with E-state index in [2.05, 4.69) is 10.3 Å². The van der Waals surface area contributed by atoms with Gasteiger partial charge in [0.05, 0.1) is 17.4 Å². The Balaban J connectivity index is 1.65. The van der Waals surface area contributed by atoms with Crippen LogP contribution in [0.4, 0.5) is 11.4 Å². The SMILES string of the molecule is CCN=C(Nc1ccccc1)SC1CCN(c2ccc(C(=O)OCC)cc2)C1=O. The van der Waals surface area contributed by atoms with Crippen LogP contribution in [0.3, 0.4) is 0 Å². The van der Waals surface area contributed by atoms with Gasteiger partial charge >= 0.3 is 5.97 Å². The van der Waals surface area contributed by atoms with Crippen molar-refractivity contribution in [3.63, 3.8) is 0 Å². The van der Waals surface area contributed by atoms with Crippen LogP contribution in [0.15, 0.2) is 59.6 Å². The number of thioether (sulfide) groups is 1. The third-order valence-electron chi connectivity index (χ3n) is 4.43. The molecule has 1 aliphatic heterocycles. The van der Waals surface area contributed by atoms with E-state index in [0.717, 1.165) is 23.0 Å². The minimum absolute atomic E-state index is 0.0533. The molecule has 0 aliphatic carbocycles. The number of aliphatic imine (C=N–C) groups is 1. The summed E-state index contributed by atoms with van der Waals surface area (Å²) in [5.74, 6) is -0.301. The maximum atomic E-state index is 13.0. The average Bonchev–Trinajstić information content (AvgIpc) is 3.09. The summed E-state index contributed by atoms with van der Waals surface area (Å²) in [6, 6.07) is 16.8. The molecule has 1 atom stereocenters. The number of nitrogens with one attached hydrogen (secondary N) is 1. The quantitative estimate of drug-likeness (QED) is 0.438. The number of hydrogen-bond acceptors (Lipinski definition) is 5. The number of anilines is 2. The zero-order chi connectivity index (χ0) is 20.6.